The Morgan fingerprint density at radius 3 is 2.53 bits per heavy atom. The number of likely N-dealkylation sites (N-methyl/N-ethyl adjacent to an activating group) is 1. The fraction of sp³-hybridized carbons (Fsp3) is 0.857. The molecule has 0 saturated heterocycles. The molecule has 108 valence electrons. The number of nitrogens with zero attached hydrogens (tertiary/aromatic N) is 4. The van der Waals surface area contributed by atoms with Crippen LogP contribution >= 0.6 is 0 Å². The van der Waals surface area contributed by atoms with E-state index < -0.39 is 0 Å². The van der Waals surface area contributed by atoms with Gasteiger partial charge in [0.25, 0.3) is 0 Å². The molecule has 0 aromatic carbocycles. The third kappa shape index (κ3) is 4.01. The quantitative estimate of drug-likeness (QED) is 0.869. The van der Waals surface area contributed by atoms with Gasteiger partial charge in [-0.05, 0) is 52.6 Å². The van der Waals surface area contributed by atoms with Gasteiger partial charge in [-0.2, -0.15) is 0 Å². The number of aryl methyl sites for hydroxylation is 1. The molecule has 5 nitrogen and oxygen atoms in total. The number of nitrogens with two attached hydrogens (primary N) is 1. The van der Waals surface area contributed by atoms with E-state index >= 15 is 0 Å². The Balaban J connectivity index is 1.96. The van der Waals surface area contributed by atoms with E-state index in [0.29, 0.717) is 6.04 Å². The Labute approximate surface area is 116 Å². The second kappa shape index (κ2) is 6.48. The molecule has 1 heterocycles. The van der Waals surface area contributed by atoms with Crippen LogP contribution in [0, 0.1) is 12.8 Å². The van der Waals surface area contributed by atoms with Gasteiger partial charge in [0.1, 0.15) is 11.6 Å². The first-order valence-electron chi connectivity index (χ1n) is 7.35. The van der Waals surface area contributed by atoms with E-state index in [2.05, 4.69) is 33.8 Å². The highest BCUT2D eigenvalue weighted by Gasteiger charge is 2.21. The fourth-order valence-electron chi connectivity index (χ4n) is 2.82. The van der Waals surface area contributed by atoms with Gasteiger partial charge in [-0.15, -0.1) is 10.2 Å². The minimum atomic E-state index is 0.421. The molecule has 2 N–H and O–H groups in total. The van der Waals surface area contributed by atoms with Crippen LogP contribution in [0.15, 0.2) is 0 Å². The van der Waals surface area contributed by atoms with Crippen molar-refractivity contribution < 1.29 is 0 Å². The Morgan fingerprint density at radius 2 is 1.89 bits per heavy atom. The fourth-order valence-corrected chi connectivity index (χ4v) is 2.82. The maximum Gasteiger partial charge on any atom is 0.133 e. The van der Waals surface area contributed by atoms with Gasteiger partial charge in [0.15, 0.2) is 0 Å². The summed E-state index contributed by atoms with van der Waals surface area (Å²) in [5, 5.41) is 8.61. The molecule has 0 spiro atoms. The van der Waals surface area contributed by atoms with E-state index in [1.54, 1.807) is 0 Å². The molecule has 1 aliphatic carbocycles. The van der Waals surface area contributed by atoms with Gasteiger partial charge in [-0.3, -0.25) is 0 Å². The van der Waals surface area contributed by atoms with Crippen LogP contribution in [0.4, 0.5) is 0 Å². The Kier molecular flexibility index (Phi) is 4.93. The van der Waals surface area contributed by atoms with Crippen LogP contribution < -0.4 is 5.73 Å². The minimum Gasteiger partial charge on any atom is -0.328 e. The van der Waals surface area contributed by atoms with Crippen LogP contribution in [0.25, 0.3) is 0 Å². The molecule has 0 bridgehead atoms. The molecule has 1 saturated carbocycles. The second-order valence-corrected chi connectivity index (χ2v) is 6.10. The molecule has 1 fully saturated rings. The standard InChI is InChI=1S/C14H27N5/c1-11-16-17-14(19(11)9-8-18(2)3)10-12-4-6-13(15)7-5-12/h12-13H,4-10,15H2,1-3H3. The molecular formula is C14H27N5. The van der Waals surface area contributed by atoms with Gasteiger partial charge in [0, 0.05) is 25.6 Å². The molecule has 0 radical (unpaired) electrons. The zero-order chi connectivity index (χ0) is 13.8. The van der Waals surface area contributed by atoms with Gasteiger partial charge in [-0.1, -0.05) is 0 Å². The van der Waals surface area contributed by atoms with Crippen LogP contribution in [-0.4, -0.2) is 46.3 Å². The van der Waals surface area contributed by atoms with Crippen molar-refractivity contribution in [3.05, 3.63) is 11.6 Å². The topological polar surface area (TPSA) is 60.0 Å². The van der Waals surface area contributed by atoms with Crippen molar-refractivity contribution in [1.29, 1.82) is 0 Å². The Bertz CT molecular complexity index is 391. The first-order valence-corrected chi connectivity index (χ1v) is 7.35. The molecule has 5 heteroatoms. The molecule has 0 amide bonds. The normalized spacial score (nSPS) is 24.1. The molecule has 1 aromatic heterocycles. The smallest absolute Gasteiger partial charge is 0.133 e. The van der Waals surface area contributed by atoms with Crippen molar-refractivity contribution in [2.24, 2.45) is 11.7 Å². The van der Waals surface area contributed by atoms with E-state index in [-0.39, 0.29) is 0 Å². The predicted molar refractivity (Wildman–Crippen MR) is 77.0 cm³/mol. The summed E-state index contributed by atoms with van der Waals surface area (Å²) in [5.41, 5.74) is 5.97. The van der Waals surface area contributed by atoms with Gasteiger partial charge in [0.2, 0.25) is 0 Å². The lowest BCUT2D eigenvalue weighted by atomic mass is 9.84. The summed E-state index contributed by atoms with van der Waals surface area (Å²) >= 11 is 0. The summed E-state index contributed by atoms with van der Waals surface area (Å²) in [7, 11) is 4.20. The van der Waals surface area contributed by atoms with Crippen molar-refractivity contribution in [2.45, 2.75) is 51.6 Å². The van der Waals surface area contributed by atoms with Crippen molar-refractivity contribution in [3.8, 4) is 0 Å². The highest BCUT2D eigenvalue weighted by molar-refractivity contribution is 4.96. The summed E-state index contributed by atoms with van der Waals surface area (Å²) < 4.78 is 2.27. The Morgan fingerprint density at radius 1 is 1.21 bits per heavy atom. The number of hydrogen-bond donors (Lipinski definition) is 1. The monoisotopic (exact) mass is 265 g/mol. The summed E-state index contributed by atoms with van der Waals surface area (Å²) in [4.78, 5) is 2.20. The summed E-state index contributed by atoms with van der Waals surface area (Å²) in [6.45, 7) is 4.05. The molecule has 1 aliphatic rings. The largest absolute Gasteiger partial charge is 0.328 e. The molecule has 2 rings (SSSR count). The minimum absolute atomic E-state index is 0.421. The maximum absolute atomic E-state index is 5.97. The first kappa shape index (κ1) is 14.5. The van der Waals surface area contributed by atoms with Crippen molar-refractivity contribution in [1.82, 2.24) is 19.7 Å². The zero-order valence-corrected chi connectivity index (χ0v) is 12.5. The molecular weight excluding hydrogens is 238 g/mol. The summed E-state index contributed by atoms with van der Waals surface area (Å²) in [5.74, 6) is 2.92. The van der Waals surface area contributed by atoms with Gasteiger partial charge in [-0.25, -0.2) is 0 Å². The lowest BCUT2D eigenvalue weighted by Gasteiger charge is -2.25. The van der Waals surface area contributed by atoms with E-state index in [1.807, 2.05) is 6.92 Å². The third-order valence-electron chi connectivity index (χ3n) is 4.15. The average Bonchev–Trinajstić information content (AvgIpc) is 2.70. The van der Waals surface area contributed by atoms with E-state index in [1.165, 1.54) is 12.8 Å². The summed E-state index contributed by atoms with van der Waals surface area (Å²) in [6.07, 6.45) is 5.85. The highest BCUT2D eigenvalue weighted by Crippen LogP contribution is 2.26. The number of hydrogen-bond acceptors (Lipinski definition) is 4. The van der Waals surface area contributed by atoms with Crippen molar-refractivity contribution in [2.75, 3.05) is 20.6 Å². The lowest BCUT2D eigenvalue weighted by Crippen LogP contribution is -2.28. The molecule has 0 atom stereocenters. The third-order valence-corrected chi connectivity index (χ3v) is 4.15. The predicted octanol–water partition coefficient (Wildman–Crippen LogP) is 1.21. The SMILES string of the molecule is Cc1nnc(CC2CCC(N)CC2)n1CCN(C)C. The number of rotatable bonds is 5. The van der Waals surface area contributed by atoms with Crippen LogP contribution in [0.1, 0.15) is 37.3 Å². The van der Waals surface area contributed by atoms with E-state index in [0.717, 1.165) is 49.9 Å². The van der Waals surface area contributed by atoms with Gasteiger partial charge in [0.05, 0.1) is 0 Å². The molecule has 0 aliphatic heterocycles. The van der Waals surface area contributed by atoms with E-state index in [9.17, 15) is 0 Å². The van der Waals surface area contributed by atoms with Crippen LogP contribution in [0.3, 0.4) is 0 Å². The maximum atomic E-state index is 5.97. The van der Waals surface area contributed by atoms with Gasteiger partial charge < -0.3 is 15.2 Å². The van der Waals surface area contributed by atoms with Crippen LogP contribution in [0.5, 0.6) is 0 Å². The molecule has 19 heavy (non-hydrogen) atoms. The summed E-state index contributed by atoms with van der Waals surface area (Å²) in [6, 6.07) is 0.421. The Hall–Kier alpha value is -0.940. The molecule has 0 unspecified atom stereocenters. The molecule has 1 aromatic rings. The van der Waals surface area contributed by atoms with Crippen molar-refractivity contribution in [3.63, 3.8) is 0 Å². The van der Waals surface area contributed by atoms with Crippen LogP contribution in [-0.2, 0) is 13.0 Å². The highest BCUT2D eigenvalue weighted by atomic mass is 15.3. The number of aromatic nitrogens is 3. The van der Waals surface area contributed by atoms with Crippen LogP contribution in [0.2, 0.25) is 0 Å². The van der Waals surface area contributed by atoms with Crippen molar-refractivity contribution >= 4 is 0 Å². The second-order valence-electron chi connectivity index (χ2n) is 6.10. The average molecular weight is 265 g/mol. The van der Waals surface area contributed by atoms with E-state index in [4.69, 9.17) is 5.73 Å². The first-order chi connectivity index (χ1) is 9.06. The lowest BCUT2D eigenvalue weighted by molar-refractivity contribution is 0.314. The van der Waals surface area contributed by atoms with Gasteiger partial charge >= 0.3 is 0 Å². The zero-order valence-electron chi connectivity index (χ0n) is 12.5.